The summed E-state index contributed by atoms with van der Waals surface area (Å²) in [7, 11) is 0. The first-order valence-corrected chi connectivity index (χ1v) is 5.47. The van der Waals surface area contributed by atoms with Crippen LogP contribution in [0.25, 0.3) is 22.4 Å². The number of fused-ring (bicyclic) bond motifs is 1. The first-order chi connectivity index (χ1) is 8.24. The molecule has 1 aromatic carbocycles. The SMILES string of the molecule is Nc1ccc(Cl)c(-c2nc3cnccc3[nH]2)c1. The number of nitrogens with one attached hydrogen (secondary N) is 1. The second kappa shape index (κ2) is 3.75. The van der Waals surface area contributed by atoms with Gasteiger partial charge < -0.3 is 10.7 Å². The highest BCUT2D eigenvalue weighted by molar-refractivity contribution is 6.33. The molecule has 0 atom stereocenters. The Morgan fingerprint density at radius 2 is 2.12 bits per heavy atom. The van der Waals surface area contributed by atoms with Gasteiger partial charge in [0.25, 0.3) is 0 Å². The Bertz CT molecular complexity index is 657. The molecule has 0 saturated heterocycles. The van der Waals surface area contributed by atoms with Crippen LogP contribution >= 0.6 is 11.6 Å². The Hall–Kier alpha value is -2.07. The number of nitrogens with zero attached hydrogens (tertiary/aromatic N) is 2. The van der Waals surface area contributed by atoms with Gasteiger partial charge in [0.05, 0.1) is 16.7 Å². The van der Waals surface area contributed by atoms with Gasteiger partial charge in [-0.2, -0.15) is 0 Å². The molecule has 0 aliphatic carbocycles. The molecular formula is C12H9ClN4. The molecule has 0 saturated carbocycles. The van der Waals surface area contributed by atoms with E-state index >= 15 is 0 Å². The zero-order chi connectivity index (χ0) is 11.8. The third kappa shape index (κ3) is 1.72. The number of halogens is 1. The number of aromatic amines is 1. The lowest BCUT2D eigenvalue weighted by Crippen LogP contribution is -1.87. The van der Waals surface area contributed by atoms with Crippen molar-refractivity contribution in [1.29, 1.82) is 0 Å². The van der Waals surface area contributed by atoms with Gasteiger partial charge in [0.15, 0.2) is 0 Å². The van der Waals surface area contributed by atoms with Crippen LogP contribution in [0, 0.1) is 0 Å². The first-order valence-electron chi connectivity index (χ1n) is 5.09. The molecule has 0 aliphatic rings. The lowest BCUT2D eigenvalue weighted by Gasteiger charge is -2.01. The van der Waals surface area contributed by atoms with E-state index in [1.54, 1.807) is 30.6 Å². The van der Waals surface area contributed by atoms with Gasteiger partial charge in [-0.05, 0) is 24.3 Å². The highest BCUT2D eigenvalue weighted by atomic mass is 35.5. The Kier molecular flexibility index (Phi) is 2.23. The number of rotatable bonds is 1. The van der Waals surface area contributed by atoms with Gasteiger partial charge in [-0.15, -0.1) is 0 Å². The molecule has 0 aliphatic heterocycles. The number of benzene rings is 1. The van der Waals surface area contributed by atoms with Crippen molar-refractivity contribution in [3.05, 3.63) is 41.7 Å². The molecular weight excluding hydrogens is 236 g/mol. The van der Waals surface area contributed by atoms with Crippen molar-refractivity contribution in [2.24, 2.45) is 0 Å². The smallest absolute Gasteiger partial charge is 0.140 e. The molecule has 0 radical (unpaired) electrons. The summed E-state index contributed by atoms with van der Waals surface area (Å²) < 4.78 is 0. The van der Waals surface area contributed by atoms with Gasteiger partial charge in [-0.1, -0.05) is 11.6 Å². The summed E-state index contributed by atoms with van der Waals surface area (Å²) in [5.41, 5.74) is 8.93. The molecule has 0 amide bonds. The number of nitrogens with two attached hydrogens (primary N) is 1. The summed E-state index contributed by atoms with van der Waals surface area (Å²) in [6.45, 7) is 0. The normalized spacial score (nSPS) is 10.9. The second-order valence-corrected chi connectivity index (χ2v) is 4.12. The summed E-state index contributed by atoms with van der Waals surface area (Å²) in [6.07, 6.45) is 3.42. The third-order valence-corrected chi connectivity index (χ3v) is 2.86. The van der Waals surface area contributed by atoms with Crippen LogP contribution in [-0.2, 0) is 0 Å². The summed E-state index contributed by atoms with van der Waals surface area (Å²) in [6, 6.07) is 7.19. The number of anilines is 1. The maximum absolute atomic E-state index is 6.13. The fraction of sp³-hybridized carbons (Fsp3) is 0. The van der Waals surface area contributed by atoms with E-state index in [0.717, 1.165) is 16.6 Å². The molecule has 0 fully saturated rings. The van der Waals surface area contributed by atoms with Gasteiger partial charge in [0.2, 0.25) is 0 Å². The first kappa shape index (κ1) is 10.1. The topological polar surface area (TPSA) is 67.6 Å². The highest BCUT2D eigenvalue weighted by Crippen LogP contribution is 2.28. The molecule has 3 rings (SSSR count). The second-order valence-electron chi connectivity index (χ2n) is 3.72. The quantitative estimate of drug-likeness (QED) is 0.647. The van der Waals surface area contributed by atoms with Crippen LogP contribution in [0.3, 0.4) is 0 Å². The number of hydrogen-bond donors (Lipinski definition) is 2. The van der Waals surface area contributed by atoms with Gasteiger partial charge in [0, 0.05) is 17.4 Å². The maximum atomic E-state index is 6.13. The van der Waals surface area contributed by atoms with Crippen molar-refractivity contribution in [3.63, 3.8) is 0 Å². The van der Waals surface area contributed by atoms with Crippen molar-refractivity contribution in [2.75, 3.05) is 5.73 Å². The summed E-state index contributed by atoms with van der Waals surface area (Å²) in [5.74, 6) is 0.699. The van der Waals surface area contributed by atoms with Crippen LogP contribution in [0.5, 0.6) is 0 Å². The van der Waals surface area contributed by atoms with E-state index in [-0.39, 0.29) is 0 Å². The van der Waals surface area contributed by atoms with E-state index in [0.29, 0.717) is 16.5 Å². The van der Waals surface area contributed by atoms with E-state index in [9.17, 15) is 0 Å². The van der Waals surface area contributed by atoms with Gasteiger partial charge in [0.1, 0.15) is 11.3 Å². The van der Waals surface area contributed by atoms with Gasteiger partial charge in [-0.25, -0.2) is 4.98 Å². The Balaban J connectivity index is 2.23. The van der Waals surface area contributed by atoms with Crippen molar-refractivity contribution in [1.82, 2.24) is 15.0 Å². The minimum Gasteiger partial charge on any atom is -0.399 e. The zero-order valence-electron chi connectivity index (χ0n) is 8.81. The fourth-order valence-corrected chi connectivity index (χ4v) is 1.92. The summed E-state index contributed by atoms with van der Waals surface area (Å²) in [4.78, 5) is 11.6. The monoisotopic (exact) mass is 244 g/mol. The standard InChI is InChI=1S/C12H9ClN4/c13-9-2-1-7(14)5-8(9)12-16-10-3-4-15-6-11(10)17-12/h1-6H,14H2,(H,16,17). The van der Waals surface area contributed by atoms with E-state index in [4.69, 9.17) is 17.3 Å². The molecule has 0 spiro atoms. The number of imidazole rings is 1. The zero-order valence-corrected chi connectivity index (χ0v) is 9.57. The van der Waals surface area contributed by atoms with Crippen molar-refractivity contribution in [2.45, 2.75) is 0 Å². The van der Waals surface area contributed by atoms with Crippen LogP contribution < -0.4 is 5.73 Å². The van der Waals surface area contributed by atoms with Crippen molar-refractivity contribution >= 4 is 28.3 Å². The number of aromatic nitrogens is 3. The predicted molar refractivity (Wildman–Crippen MR) is 68.7 cm³/mol. The molecule has 0 unspecified atom stereocenters. The van der Waals surface area contributed by atoms with E-state index in [1.165, 1.54) is 0 Å². The Morgan fingerprint density at radius 3 is 2.94 bits per heavy atom. The van der Waals surface area contributed by atoms with Crippen LogP contribution in [0.4, 0.5) is 5.69 Å². The number of pyridine rings is 1. The van der Waals surface area contributed by atoms with Gasteiger partial charge >= 0.3 is 0 Å². The molecule has 84 valence electrons. The average Bonchev–Trinajstić information content (AvgIpc) is 2.75. The third-order valence-electron chi connectivity index (χ3n) is 2.53. The summed E-state index contributed by atoms with van der Waals surface area (Å²) in [5, 5.41) is 0.617. The minimum absolute atomic E-state index is 0.617. The largest absolute Gasteiger partial charge is 0.399 e. The van der Waals surface area contributed by atoms with Gasteiger partial charge in [-0.3, -0.25) is 4.98 Å². The fourth-order valence-electron chi connectivity index (χ4n) is 1.71. The maximum Gasteiger partial charge on any atom is 0.140 e. The lowest BCUT2D eigenvalue weighted by molar-refractivity contribution is 1.33. The van der Waals surface area contributed by atoms with Crippen LogP contribution in [0.1, 0.15) is 0 Å². The molecule has 2 aromatic heterocycles. The molecule has 0 bridgehead atoms. The number of hydrogen-bond acceptors (Lipinski definition) is 3. The Morgan fingerprint density at radius 1 is 1.24 bits per heavy atom. The average molecular weight is 245 g/mol. The number of H-pyrrole nitrogens is 1. The molecule has 2 heterocycles. The van der Waals surface area contributed by atoms with Crippen LogP contribution in [0.15, 0.2) is 36.7 Å². The predicted octanol–water partition coefficient (Wildman–Crippen LogP) is 2.86. The van der Waals surface area contributed by atoms with Crippen molar-refractivity contribution < 1.29 is 0 Å². The molecule has 5 heteroatoms. The molecule has 3 aromatic rings. The molecule has 3 N–H and O–H groups in total. The highest BCUT2D eigenvalue weighted by Gasteiger charge is 2.09. The number of nitrogen functional groups attached to an aromatic ring is 1. The Labute approximate surface area is 102 Å². The van der Waals surface area contributed by atoms with E-state index in [1.807, 2.05) is 6.07 Å². The lowest BCUT2D eigenvalue weighted by atomic mass is 10.2. The van der Waals surface area contributed by atoms with E-state index < -0.39 is 0 Å². The summed E-state index contributed by atoms with van der Waals surface area (Å²) >= 11 is 6.13. The van der Waals surface area contributed by atoms with Crippen LogP contribution in [-0.4, -0.2) is 15.0 Å². The van der Waals surface area contributed by atoms with Crippen LogP contribution in [0.2, 0.25) is 5.02 Å². The minimum atomic E-state index is 0.617. The molecule has 17 heavy (non-hydrogen) atoms. The van der Waals surface area contributed by atoms with E-state index in [2.05, 4.69) is 15.0 Å². The van der Waals surface area contributed by atoms with Crippen molar-refractivity contribution in [3.8, 4) is 11.4 Å². The molecule has 4 nitrogen and oxygen atoms in total.